The van der Waals surface area contributed by atoms with Crippen molar-refractivity contribution in [2.75, 3.05) is 12.4 Å². The van der Waals surface area contributed by atoms with E-state index in [0.29, 0.717) is 18.2 Å². The summed E-state index contributed by atoms with van der Waals surface area (Å²) < 4.78 is 4.74. The highest BCUT2D eigenvalue weighted by Crippen LogP contribution is 2.17. The van der Waals surface area contributed by atoms with Gasteiger partial charge >= 0.3 is 5.97 Å². The Balaban J connectivity index is 2.84. The van der Waals surface area contributed by atoms with E-state index in [-0.39, 0.29) is 16.4 Å². The van der Waals surface area contributed by atoms with Crippen molar-refractivity contribution < 1.29 is 9.53 Å². The van der Waals surface area contributed by atoms with Crippen LogP contribution in [0.3, 0.4) is 0 Å². The first-order valence-electron chi connectivity index (χ1n) is 5.46. The number of hydrogen-bond acceptors (Lipinski definition) is 5. The molecule has 100 valence electrons. The number of carbonyl (C=O) groups excluding carboxylic acids is 1. The molecular weight excluding hydrogens is 277 g/mol. The third-order valence-corrected chi connectivity index (χ3v) is 2.55. The molecule has 0 saturated heterocycles. The topological polar surface area (TPSA) is 64.1 Å². The van der Waals surface area contributed by atoms with E-state index in [2.05, 4.69) is 15.3 Å². The lowest BCUT2D eigenvalue weighted by Crippen LogP contribution is -2.32. The standard InChI is InChI=1S/C11H15Cl2N3O2/c1-6(2)4-7(10(17)18-3)14-9-5-8(12)15-11(13)16-9/h5-7H,4H2,1-3H3,(H,14,15,16)/t7-/m0/s1. The Bertz CT molecular complexity index is 406. The summed E-state index contributed by atoms with van der Waals surface area (Å²) in [6.07, 6.45) is 0.617. The van der Waals surface area contributed by atoms with Crippen molar-refractivity contribution in [2.45, 2.75) is 26.3 Å². The molecule has 0 radical (unpaired) electrons. The maximum absolute atomic E-state index is 11.6. The lowest BCUT2D eigenvalue weighted by molar-refractivity contribution is -0.141. The van der Waals surface area contributed by atoms with Crippen LogP contribution in [0.1, 0.15) is 20.3 Å². The summed E-state index contributed by atoms with van der Waals surface area (Å²) in [5, 5.41) is 3.19. The van der Waals surface area contributed by atoms with E-state index in [0.717, 1.165) is 0 Å². The number of anilines is 1. The van der Waals surface area contributed by atoms with Gasteiger partial charge in [-0.2, -0.15) is 0 Å². The number of halogens is 2. The fourth-order valence-corrected chi connectivity index (χ4v) is 1.88. The monoisotopic (exact) mass is 291 g/mol. The Morgan fingerprint density at radius 2 is 2.11 bits per heavy atom. The highest BCUT2D eigenvalue weighted by molar-refractivity contribution is 6.32. The van der Waals surface area contributed by atoms with E-state index >= 15 is 0 Å². The van der Waals surface area contributed by atoms with Gasteiger partial charge in [0.05, 0.1) is 7.11 Å². The minimum atomic E-state index is -0.489. The molecule has 0 amide bonds. The number of methoxy groups -OCH3 is 1. The second kappa shape index (κ2) is 6.75. The average Bonchev–Trinajstić information content (AvgIpc) is 2.25. The van der Waals surface area contributed by atoms with E-state index in [1.54, 1.807) is 0 Å². The van der Waals surface area contributed by atoms with E-state index < -0.39 is 6.04 Å². The van der Waals surface area contributed by atoms with Gasteiger partial charge in [0.25, 0.3) is 0 Å². The summed E-state index contributed by atoms with van der Waals surface area (Å²) in [5.74, 6) is 0.375. The number of aromatic nitrogens is 2. The second-order valence-electron chi connectivity index (χ2n) is 4.19. The van der Waals surface area contributed by atoms with Crippen LogP contribution < -0.4 is 5.32 Å². The Morgan fingerprint density at radius 1 is 1.44 bits per heavy atom. The van der Waals surface area contributed by atoms with E-state index in [4.69, 9.17) is 27.9 Å². The molecule has 18 heavy (non-hydrogen) atoms. The molecule has 0 aliphatic heterocycles. The Kier molecular flexibility index (Phi) is 5.62. The van der Waals surface area contributed by atoms with Crippen LogP contribution in [-0.2, 0) is 9.53 Å². The Hall–Kier alpha value is -1.07. The zero-order valence-corrected chi connectivity index (χ0v) is 11.9. The van der Waals surface area contributed by atoms with Gasteiger partial charge < -0.3 is 10.1 Å². The molecule has 1 aromatic rings. The van der Waals surface area contributed by atoms with Crippen LogP contribution in [0.2, 0.25) is 10.4 Å². The molecule has 1 atom stereocenters. The van der Waals surface area contributed by atoms with E-state index in [1.807, 2.05) is 13.8 Å². The zero-order valence-electron chi connectivity index (χ0n) is 10.4. The maximum Gasteiger partial charge on any atom is 0.328 e. The molecule has 1 heterocycles. The second-order valence-corrected chi connectivity index (χ2v) is 4.92. The summed E-state index contributed by atoms with van der Waals surface area (Å²) in [6, 6.07) is 1.01. The fraction of sp³-hybridized carbons (Fsp3) is 0.545. The van der Waals surface area contributed by atoms with Crippen LogP contribution >= 0.6 is 23.2 Å². The molecule has 0 spiro atoms. The quantitative estimate of drug-likeness (QED) is 0.513. The van der Waals surface area contributed by atoms with Gasteiger partial charge in [0.2, 0.25) is 5.28 Å². The molecule has 0 fully saturated rings. The molecular formula is C11H15Cl2N3O2. The summed E-state index contributed by atoms with van der Waals surface area (Å²) in [5.41, 5.74) is 0. The highest BCUT2D eigenvalue weighted by Gasteiger charge is 2.21. The average molecular weight is 292 g/mol. The van der Waals surface area contributed by atoms with Gasteiger partial charge in [0.15, 0.2) is 0 Å². The van der Waals surface area contributed by atoms with Crippen molar-refractivity contribution in [3.05, 3.63) is 16.5 Å². The van der Waals surface area contributed by atoms with Gasteiger partial charge in [0, 0.05) is 6.07 Å². The molecule has 5 nitrogen and oxygen atoms in total. The van der Waals surface area contributed by atoms with Crippen molar-refractivity contribution in [3.8, 4) is 0 Å². The van der Waals surface area contributed by atoms with Gasteiger partial charge in [-0.25, -0.2) is 14.8 Å². The molecule has 1 N–H and O–H groups in total. The SMILES string of the molecule is COC(=O)[C@H](CC(C)C)Nc1cc(Cl)nc(Cl)n1. The number of nitrogens with zero attached hydrogens (tertiary/aromatic N) is 2. The molecule has 0 bridgehead atoms. The first kappa shape index (κ1) is 15.0. The van der Waals surface area contributed by atoms with Crippen LogP contribution in [0.5, 0.6) is 0 Å². The number of rotatable bonds is 5. The van der Waals surface area contributed by atoms with Gasteiger partial charge in [0.1, 0.15) is 17.0 Å². The fourth-order valence-electron chi connectivity index (χ4n) is 1.47. The maximum atomic E-state index is 11.6. The molecule has 7 heteroatoms. The molecule has 1 rings (SSSR count). The van der Waals surface area contributed by atoms with Crippen LogP contribution in [0, 0.1) is 5.92 Å². The van der Waals surface area contributed by atoms with Crippen LogP contribution in [-0.4, -0.2) is 29.1 Å². The third-order valence-electron chi connectivity index (χ3n) is 2.18. The number of ether oxygens (including phenoxy) is 1. The third kappa shape index (κ3) is 4.66. The molecule has 0 saturated carbocycles. The summed E-state index contributed by atoms with van der Waals surface area (Å²) in [6.45, 7) is 4.02. The smallest absolute Gasteiger partial charge is 0.328 e. The van der Waals surface area contributed by atoms with Crippen molar-refractivity contribution in [3.63, 3.8) is 0 Å². The van der Waals surface area contributed by atoms with Gasteiger partial charge in [-0.1, -0.05) is 25.4 Å². The predicted octanol–water partition coefficient (Wildman–Crippen LogP) is 2.78. The van der Waals surface area contributed by atoms with Crippen molar-refractivity contribution in [2.24, 2.45) is 5.92 Å². The summed E-state index contributed by atoms with van der Waals surface area (Å²) in [7, 11) is 1.34. The highest BCUT2D eigenvalue weighted by atomic mass is 35.5. The van der Waals surface area contributed by atoms with Gasteiger partial charge in [-0.3, -0.25) is 0 Å². The minimum Gasteiger partial charge on any atom is -0.467 e. The number of hydrogen-bond donors (Lipinski definition) is 1. The first-order valence-corrected chi connectivity index (χ1v) is 6.22. The normalized spacial score (nSPS) is 12.3. The molecule has 0 aromatic carbocycles. The minimum absolute atomic E-state index is 0.0261. The van der Waals surface area contributed by atoms with E-state index in [9.17, 15) is 4.79 Å². The van der Waals surface area contributed by atoms with Crippen LogP contribution in [0.15, 0.2) is 6.07 Å². The number of carbonyl (C=O) groups is 1. The number of nitrogens with one attached hydrogen (secondary N) is 1. The zero-order chi connectivity index (χ0) is 13.7. The Morgan fingerprint density at radius 3 is 2.61 bits per heavy atom. The van der Waals surface area contributed by atoms with Crippen molar-refractivity contribution in [1.29, 1.82) is 0 Å². The number of esters is 1. The van der Waals surface area contributed by atoms with Crippen molar-refractivity contribution in [1.82, 2.24) is 9.97 Å². The first-order chi connectivity index (χ1) is 8.42. The molecule has 1 aromatic heterocycles. The molecule has 0 unspecified atom stereocenters. The van der Waals surface area contributed by atoms with Crippen LogP contribution in [0.4, 0.5) is 5.82 Å². The molecule has 0 aliphatic rings. The largest absolute Gasteiger partial charge is 0.467 e. The Labute approximate surface area is 116 Å². The van der Waals surface area contributed by atoms with Crippen molar-refractivity contribution >= 4 is 35.0 Å². The molecule has 0 aliphatic carbocycles. The van der Waals surface area contributed by atoms with Gasteiger partial charge in [-0.15, -0.1) is 0 Å². The summed E-state index contributed by atoms with van der Waals surface area (Å²) in [4.78, 5) is 19.3. The lowest BCUT2D eigenvalue weighted by atomic mass is 10.0. The summed E-state index contributed by atoms with van der Waals surface area (Å²) >= 11 is 11.5. The lowest BCUT2D eigenvalue weighted by Gasteiger charge is -2.18. The predicted molar refractivity (Wildman–Crippen MR) is 70.9 cm³/mol. The van der Waals surface area contributed by atoms with Crippen LogP contribution in [0.25, 0.3) is 0 Å². The van der Waals surface area contributed by atoms with E-state index in [1.165, 1.54) is 13.2 Å². The van der Waals surface area contributed by atoms with Gasteiger partial charge in [-0.05, 0) is 23.9 Å².